The lowest BCUT2D eigenvalue weighted by Crippen LogP contribution is -2.24. The summed E-state index contributed by atoms with van der Waals surface area (Å²) in [6.45, 7) is 10.6. The zero-order chi connectivity index (χ0) is 23.5. The molecule has 1 unspecified atom stereocenters. The van der Waals surface area contributed by atoms with E-state index in [1.165, 1.54) is 0 Å². The van der Waals surface area contributed by atoms with Gasteiger partial charge in [-0.1, -0.05) is 44.2 Å². The molecule has 0 aliphatic carbocycles. The summed E-state index contributed by atoms with van der Waals surface area (Å²) in [5.41, 5.74) is 9.56. The Kier molecular flexibility index (Phi) is 9.76. The molecule has 1 amide bonds. The maximum absolute atomic E-state index is 12.7. The van der Waals surface area contributed by atoms with E-state index in [2.05, 4.69) is 18.8 Å². The number of carbonyl (C=O) groups excluding carboxylic acids is 1. The fourth-order valence-electron chi connectivity index (χ4n) is 3.37. The predicted octanol–water partition coefficient (Wildman–Crippen LogP) is 4.59. The quantitative estimate of drug-likeness (QED) is 0.473. The number of rotatable bonds is 12. The molecule has 1 aromatic carbocycles. The lowest BCUT2D eigenvalue weighted by molar-refractivity contribution is -0.00574. The third kappa shape index (κ3) is 6.11. The number of para-hydroxylation sites is 1. The zero-order valence-corrected chi connectivity index (χ0v) is 19.4. The predicted molar refractivity (Wildman–Crippen MR) is 128 cm³/mol. The number of benzene rings is 1. The minimum atomic E-state index is -0.239. The molecule has 2 aromatic rings. The molecular formula is C25H34N4O3. The minimum Gasteiger partial charge on any atom is -0.496 e. The molecule has 172 valence electrons. The zero-order valence-electron chi connectivity index (χ0n) is 19.4. The van der Waals surface area contributed by atoms with Crippen molar-refractivity contribution < 1.29 is 14.3 Å². The number of nitrogens with one attached hydrogen (secondary N) is 1. The van der Waals surface area contributed by atoms with E-state index in [0.29, 0.717) is 29.3 Å². The monoisotopic (exact) mass is 438 g/mol. The van der Waals surface area contributed by atoms with Crippen LogP contribution in [0.2, 0.25) is 0 Å². The van der Waals surface area contributed by atoms with Gasteiger partial charge in [0.05, 0.1) is 30.6 Å². The first-order chi connectivity index (χ1) is 15.5. The molecule has 32 heavy (non-hydrogen) atoms. The number of nitrogens with two attached hydrogens (primary N) is 1. The van der Waals surface area contributed by atoms with Crippen LogP contribution in [-0.4, -0.2) is 29.4 Å². The van der Waals surface area contributed by atoms with Crippen molar-refractivity contribution in [3.63, 3.8) is 0 Å². The second kappa shape index (κ2) is 12.5. The molecule has 7 heteroatoms. The molecular weight excluding hydrogens is 404 g/mol. The van der Waals surface area contributed by atoms with E-state index in [-0.39, 0.29) is 18.7 Å². The van der Waals surface area contributed by atoms with Crippen LogP contribution in [0.4, 0.5) is 0 Å². The lowest BCUT2D eigenvalue weighted by Gasteiger charge is -2.20. The molecule has 0 aliphatic heterocycles. The Morgan fingerprint density at radius 3 is 2.72 bits per heavy atom. The van der Waals surface area contributed by atoms with Gasteiger partial charge in [-0.05, 0) is 44.5 Å². The van der Waals surface area contributed by atoms with Crippen LogP contribution in [-0.2, 0) is 11.3 Å². The van der Waals surface area contributed by atoms with E-state index in [4.69, 9.17) is 20.3 Å². The maximum atomic E-state index is 12.7. The van der Waals surface area contributed by atoms with Gasteiger partial charge < -0.3 is 20.5 Å². The summed E-state index contributed by atoms with van der Waals surface area (Å²) in [6, 6.07) is 9.03. The molecule has 0 spiro atoms. The van der Waals surface area contributed by atoms with Crippen LogP contribution in [0.15, 0.2) is 60.8 Å². The first-order valence-corrected chi connectivity index (χ1v) is 10.9. The van der Waals surface area contributed by atoms with Gasteiger partial charge in [-0.25, -0.2) is 4.68 Å². The Hall–Kier alpha value is -3.32. The standard InChI is InChI=1S/C25H34N4O3/c1-6-12-19(21(26)8-3)22-16-18(28-29(22)24(13-7-2)32-9-4)17-27-25(30)20-14-10-11-15-23(20)31-5/h6,8,10-12,14-16,24H,3,7,9,13,17,26H2,1-2,4-5H3,(H,27,30)/b12-6-,21-19-. The third-order valence-corrected chi connectivity index (χ3v) is 4.88. The summed E-state index contributed by atoms with van der Waals surface area (Å²) >= 11 is 0. The van der Waals surface area contributed by atoms with Gasteiger partial charge in [0, 0.05) is 17.9 Å². The first kappa shape index (κ1) is 24.9. The molecule has 1 heterocycles. The van der Waals surface area contributed by atoms with Crippen molar-refractivity contribution in [2.45, 2.75) is 46.4 Å². The van der Waals surface area contributed by atoms with Crippen molar-refractivity contribution in [1.29, 1.82) is 0 Å². The van der Waals surface area contributed by atoms with Gasteiger partial charge in [0.2, 0.25) is 0 Å². The molecule has 7 nitrogen and oxygen atoms in total. The van der Waals surface area contributed by atoms with Crippen LogP contribution in [0.5, 0.6) is 5.75 Å². The van der Waals surface area contributed by atoms with E-state index >= 15 is 0 Å². The van der Waals surface area contributed by atoms with Crippen LogP contribution in [0.3, 0.4) is 0 Å². The highest BCUT2D eigenvalue weighted by molar-refractivity contribution is 5.96. The highest BCUT2D eigenvalue weighted by Crippen LogP contribution is 2.26. The molecule has 0 aliphatic rings. The van der Waals surface area contributed by atoms with Crippen molar-refractivity contribution in [2.75, 3.05) is 13.7 Å². The highest BCUT2D eigenvalue weighted by atomic mass is 16.5. The first-order valence-electron chi connectivity index (χ1n) is 10.9. The molecule has 2 rings (SSSR count). The van der Waals surface area contributed by atoms with Crippen LogP contribution in [0.25, 0.3) is 5.57 Å². The van der Waals surface area contributed by atoms with Crippen molar-refractivity contribution in [3.8, 4) is 5.75 Å². The Bertz CT molecular complexity index is 969. The number of ether oxygens (including phenoxy) is 2. The largest absolute Gasteiger partial charge is 0.496 e. The number of aromatic nitrogens is 2. The summed E-state index contributed by atoms with van der Waals surface area (Å²) in [4.78, 5) is 12.7. The lowest BCUT2D eigenvalue weighted by atomic mass is 10.1. The molecule has 0 bridgehead atoms. The summed E-state index contributed by atoms with van der Waals surface area (Å²) in [5, 5.41) is 7.69. The highest BCUT2D eigenvalue weighted by Gasteiger charge is 2.20. The van der Waals surface area contributed by atoms with E-state index in [9.17, 15) is 4.79 Å². The van der Waals surface area contributed by atoms with Crippen LogP contribution >= 0.6 is 0 Å². The normalized spacial score (nSPS) is 13.0. The molecule has 0 saturated carbocycles. The SMILES string of the molecule is C=C/C(N)=C(\C=C/C)c1cc(CNC(=O)c2ccccc2OC)nn1C(CCC)OCC. The van der Waals surface area contributed by atoms with Crippen molar-refractivity contribution in [3.05, 3.63) is 77.8 Å². The van der Waals surface area contributed by atoms with E-state index in [1.54, 1.807) is 31.4 Å². The fourth-order valence-corrected chi connectivity index (χ4v) is 3.37. The average Bonchev–Trinajstić information content (AvgIpc) is 3.24. The molecule has 1 atom stereocenters. The number of amides is 1. The van der Waals surface area contributed by atoms with Crippen molar-refractivity contribution in [2.24, 2.45) is 5.73 Å². The minimum absolute atomic E-state index is 0.233. The number of hydrogen-bond donors (Lipinski definition) is 2. The van der Waals surface area contributed by atoms with Gasteiger partial charge in [0.15, 0.2) is 6.23 Å². The molecule has 0 radical (unpaired) electrons. The van der Waals surface area contributed by atoms with E-state index < -0.39 is 0 Å². The summed E-state index contributed by atoms with van der Waals surface area (Å²) in [6.07, 6.45) is 6.95. The van der Waals surface area contributed by atoms with Crippen LogP contribution in [0.1, 0.15) is 61.6 Å². The average molecular weight is 439 g/mol. The van der Waals surface area contributed by atoms with Gasteiger partial charge in [0.25, 0.3) is 5.91 Å². The van der Waals surface area contributed by atoms with Gasteiger partial charge in [-0.2, -0.15) is 5.10 Å². The molecule has 0 saturated heterocycles. The Morgan fingerprint density at radius 1 is 1.34 bits per heavy atom. The maximum Gasteiger partial charge on any atom is 0.255 e. The number of carbonyl (C=O) groups is 1. The molecule has 1 aromatic heterocycles. The fraction of sp³-hybridized carbons (Fsp3) is 0.360. The van der Waals surface area contributed by atoms with Crippen molar-refractivity contribution in [1.82, 2.24) is 15.1 Å². The van der Waals surface area contributed by atoms with E-state index in [1.807, 2.05) is 42.8 Å². The number of hydrogen-bond acceptors (Lipinski definition) is 5. The Labute approximate surface area is 190 Å². The van der Waals surface area contributed by atoms with Crippen LogP contribution in [0, 0.1) is 0 Å². The molecule has 0 fully saturated rings. The van der Waals surface area contributed by atoms with Gasteiger partial charge in [-0.3, -0.25) is 4.79 Å². The summed E-state index contributed by atoms with van der Waals surface area (Å²) in [5.74, 6) is 0.288. The Balaban J connectivity index is 2.41. The second-order valence-corrected chi connectivity index (χ2v) is 7.12. The smallest absolute Gasteiger partial charge is 0.255 e. The van der Waals surface area contributed by atoms with Crippen molar-refractivity contribution >= 4 is 11.5 Å². The second-order valence-electron chi connectivity index (χ2n) is 7.12. The van der Waals surface area contributed by atoms with Crippen LogP contribution < -0.4 is 15.8 Å². The Morgan fingerprint density at radius 2 is 2.09 bits per heavy atom. The summed E-state index contributed by atoms with van der Waals surface area (Å²) in [7, 11) is 1.54. The third-order valence-electron chi connectivity index (χ3n) is 4.88. The van der Waals surface area contributed by atoms with Gasteiger partial charge in [0.1, 0.15) is 5.75 Å². The van der Waals surface area contributed by atoms with Gasteiger partial charge >= 0.3 is 0 Å². The number of allylic oxidation sites excluding steroid dienone is 4. The topological polar surface area (TPSA) is 91.4 Å². The number of nitrogens with zero attached hydrogens (tertiary/aromatic N) is 2. The van der Waals surface area contributed by atoms with Gasteiger partial charge in [-0.15, -0.1) is 0 Å². The number of methoxy groups -OCH3 is 1. The van der Waals surface area contributed by atoms with E-state index in [0.717, 1.165) is 24.1 Å². The summed E-state index contributed by atoms with van der Waals surface area (Å²) < 4.78 is 13.1. The molecule has 3 N–H and O–H groups in total.